The highest BCUT2D eigenvalue weighted by Gasteiger charge is 2.27. The summed E-state index contributed by atoms with van der Waals surface area (Å²) in [5.74, 6) is 2.86. The summed E-state index contributed by atoms with van der Waals surface area (Å²) in [6.07, 6.45) is 8.72. The van der Waals surface area contributed by atoms with Crippen LogP contribution in [0.5, 0.6) is 0 Å². The maximum Gasteiger partial charge on any atom is 0.229 e. The number of hydrogen-bond donors (Lipinski definition) is 1. The van der Waals surface area contributed by atoms with Gasteiger partial charge in [-0.1, -0.05) is 24.4 Å². The molecule has 1 aromatic heterocycles. The topological polar surface area (TPSA) is 51.0 Å². The molecule has 2 aliphatic rings. The maximum atomic E-state index is 5.52. The van der Waals surface area contributed by atoms with Crippen LogP contribution in [0.4, 0.5) is 0 Å². The summed E-state index contributed by atoms with van der Waals surface area (Å²) in [6, 6.07) is 0.564. The first kappa shape index (κ1) is 14.8. The van der Waals surface area contributed by atoms with Crippen molar-refractivity contribution in [1.82, 2.24) is 15.5 Å². The van der Waals surface area contributed by atoms with E-state index in [1.807, 2.05) is 0 Å². The quantitative estimate of drug-likeness (QED) is 0.905. The molecule has 108 valence electrons. The van der Waals surface area contributed by atoms with E-state index in [1.54, 1.807) is 0 Å². The fourth-order valence-electron chi connectivity index (χ4n) is 3.30. The zero-order valence-corrected chi connectivity index (χ0v) is 12.4. The molecule has 1 N–H and O–H groups in total. The third kappa shape index (κ3) is 3.48. The van der Waals surface area contributed by atoms with Crippen molar-refractivity contribution >= 4 is 12.4 Å². The zero-order chi connectivity index (χ0) is 12.4. The van der Waals surface area contributed by atoms with Gasteiger partial charge in [-0.25, -0.2) is 0 Å². The van der Waals surface area contributed by atoms with Crippen LogP contribution in [0, 0.1) is 0 Å². The van der Waals surface area contributed by atoms with Crippen LogP contribution in [0.15, 0.2) is 4.52 Å². The van der Waals surface area contributed by atoms with Gasteiger partial charge in [0.1, 0.15) is 0 Å². The van der Waals surface area contributed by atoms with Gasteiger partial charge in [-0.15, -0.1) is 12.4 Å². The fourth-order valence-corrected chi connectivity index (χ4v) is 3.30. The van der Waals surface area contributed by atoms with Crippen molar-refractivity contribution in [2.75, 3.05) is 6.54 Å². The Hall–Kier alpha value is -0.610. The Labute approximate surface area is 121 Å². The number of nitrogens with zero attached hydrogens (tertiary/aromatic N) is 2. The van der Waals surface area contributed by atoms with Crippen molar-refractivity contribution in [3.05, 3.63) is 11.7 Å². The molecular weight excluding hydrogens is 262 g/mol. The molecule has 0 aromatic carbocycles. The van der Waals surface area contributed by atoms with Crippen LogP contribution < -0.4 is 5.32 Å². The molecule has 3 rings (SSSR count). The maximum absolute atomic E-state index is 5.52. The molecule has 1 aliphatic carbocycles. The van der Waals surface area contributed by atoms with Gasteiger partial charge in [-0.2, -0.15) is 4.98 Å². The minimum Gasteiger partial charge on any atom is -0.339 e. The second-order valence-electron chi connectivity index (χ2n) is 5.90. The first-order chi connectivity index (χ1) is 8.83. The van der Waals surface area contributed by atoms with E-state index in [1.165, 1.54) is 32.1 Å². The van der Waals surface area contributed by atoms with E-state index < -0.39 is 0 Å². The number of aromatic nitrogens is 2. The molecule has 1 aliphatic heterocycles. The van der Waals surface area contributed by atoms with Crippen molar-refractivity contribution in [2.45, 2.75) is 69.7 Å². The van der Waals surface area contributed by atoms with Crippen LogP contribution in [-0.2, 0) is 0 Å². The van der Waals surface area contributed by atoms with Crippen LogP contribution in [0.3, 0.4) is 0 Å². The van der Waals surface area contributed by atoms with Crippen molar-refractivity contribution in [1.29, 1.82) is 0 Å². The monoisotopic (exact) mass is 285 g/mol. The van der Waals surface area contributed by atoms with E-state index in [0.717, 1.165) is 31.1 Å². The predicted octanol–water partition coefficient (Wildman–Crippen LogP) is 3.39. The van der Waals surface area contributed by atoms with E-state index in [0.29, 0.717) is 17.9 Å². The van der Waals surface area contributed by atoms with E-state index in [2.05, 4.69) is 22.4 Å². The van der Waals surface area contributed by atoms with Gasteiger partial charge in [0.05, 0.1) is 0 Å². The Bertz CT molecular complexity index is 390. The molecule has 0 unspecified atom stereocenters. The smallest absolute Gasteiger partial charge is 0.229 e. The summed E-state index contributed by atoms with van der Waals surface area (Å²) < 4.78 is 5.52. The molecule has 4 nitrogen and oxygen atoms in total. The Morgan fingerprint density at radius 2 is 1.89 bits per heavy atom. The lowest BCUT2D eigenvalue weighted by Gasteiger charge is -2.25. The summed E-state index contributed by atoms with van der Waals surface area (Å²) in [5, 5.41) is 7.70. The minimum absolute atomic E-state index is 0. The van der Waals surface area contributed by atoms with Gasteiger partial charge in [0.2, 0.25) is 5.89 Å². The number of nitrogens with one attached hydrogen (secondary N) is 1. The second kappa shape index (κ2) is 6.71. The van der Waals surface area contributed by atoms with E-state index >= 15 is 0 Å². The fraction of sp³-hybridized carbons (Fsp3) is 0.857. The summed E-state index contributed by atoms with van der Waals surface area (Å²) in [6.45, 7) is 3.29. The van der Waals surface area contributed by atoms with E-state index in [9.17, 15) is 0 Å². The first-order valence-corrected chi connectivity index (χ1v) is 7.40. The largest absolute Gasteiger partial charge is 0.339 e. The first-order valence-electron chi connectivity index (χ1n) is 7.40. The van der Waals surface area contributed by atoms with Gasteiger partial charge >= 0.3 is 0 Å². The molecule has 19 heavy (non-hydrogen) atoms. The van der Waals surface area contributed by atoms with Gasteiger partial charge < -0.3 is 9.84 Å². The van der Waals surface area contributed by atoms with Crippen molar-refractivity contribution in [3.63, 3.8) is 0 Å². The van der Waals surface area contributed by atoms with Crippen molar-refractivity contribution in [2.24, 2.45) is 0 Å². The summed E-state index contributed by atoms with van der Waals surface area (Å²) in [5.41, 5.74) is 0. The third-order valence-corrected chi connectivity index (χ3v) is 4.40. The summed E-state index contributed by atoms with van der Waals surface area (Å²) in [7, 11) is 0. The lowest BCUT2D eigenvalue weighted by Crippen LogP contribution is -2.34. The third-order valence-electron chi connectivity index (χ3n) is 4.40. The second-order valence-corrected chi connectivity index (χ2v) is 5.90. The molecule has 0 spiro atoms. The molecule has 0 bridgehead atoms. The van der Waals surface area contributed by atoms with Crippen LogP contribution in [0.1, 0.15) is 75.4 Å². The number of hydrogen-bond acceptors (Lipinski definition) is 4. The van der Waals surface area contributed by atoms with E-state index in [-0.39, 0.29) is 12.4 Å². The lowest BCUT2D eigenvalue weighted by atomic mass is 9.88. The standard InChI is InChI=1S/C14H23N3O.ClH/c1-10-9-12(7-8-15-10)14-16-13(17-18-14)11-5-3-2-4-6-11;/h10-12,15H,2-9H2,1H3;1H/t10-,12-;/m0./s1. The van der Waals surface area contributed by atoms with Crippen molar-refractivity contribution < 1.29 is 4.52 Å². The molecule has 1 saturated carbocycles. The highest BCUT2D eigenvalue weighted by atomic mass is 35.5. The molecule has 2 atom stereocenters. The zero-order valence-electron chi connectivity index (χ0n) is 11.6. The number of rotatable bonds is 2. The average Bonchev–Trinajstić information content (AvgIpc) is 2.89. The molecule has 0 amide bonds. The number of piperidine rings is 1. The molecule has 2 heterocycles. The Kier molecular flexibility index (Phi) is 5.22. The van der Waals surface area contributed by atoms with Gasteiger partial charge in [-0.05, 0) is 39.2 Å². The summed E-state index contributed by atoms with van der Waals surface area (Å²) >= 11 is 0. The SMILES string of the molecule is C[C@H]1C[C@@H](c2nc(C3CCCCC3)no2)CCN1.Cl. The Balaban J connectivity index is 0.00000133. The molecule has 1 saturated heterocycles. The van der Waals surface area contributed by atoms with Gasteiger partial charge in [0.25, 0.3) is 0 Å². The highest BCUT2D eigenvalue weighted by molar-refractivity contribution is 5.85. The minimum atomic E-state index is 0. The highest BCUT2D eigenvalue weighted by Crippen LogP contribution is 2.33. The van der Waals surface area contributed by atoms with Gasteiger partial charge in [0.15, 0.2) is 5.82 Å². The molecular formula is C14H24ClN3O. The van der Waals surface area contributed by atoms with Crippen molar-refractivity contribution in [3.8, 4) is 0 Å². The molecule has 0 radical (unpaired) electrons. The van der Waals surface area contributed by atoms with Crippen LogP contribution >= 0.6 is 12.4 Å². The Morgan fingerprint density at radius 1 is 1.11 bits per heavy atom. The molecule has 2 fully saturated rings. The average molecular weight is 286 g/mol. The summed E-state index contributed by atoms with van der Waals surface area (Å²) in [4.78, 5) is 4.69. The molecule has 5 heteroatoms. The van der Waals surface area contributed by atoms with Crippen LogP contribution in [-0.4, -0.2) is 22.7 Å². The normalized spacial score (nSPS) is 28.9. The van der Waals surface area contributed by atoms with Gasteiger partial charge in [-0.3, -0.25) is 0 Å². The van der Waals surface area contributed by atoms with E-state index in [4.69, 9.17) is 4.52 Å². The Morgan fingerprint density at radius 3 is 2.63 bits per heavy atom. The predicted molar refractivity (Wildman–Crippen MR) is 76.8 cm³/mol. The molecule has 1 aromatic rings. The van der Waals surface area contributed by atoms with Crippen LogP contribution in [0.25, 0.3) is 0 Å². The van der Waals surface area contributed by atoms with Gasteiger partial charge in [0, 0.05) is 17.9 Å². The van der Waals surface area contributed by atoms with Crippen LogP contribution in [0.2, 0.25) is 0 Å². The lowest BCUT2D eigenvalue weighted by molar-refractivity contribution is 0.292. The number of halogens is 1.